The zero-order chi connectivity index (χ0) is 81.9. The molecule has 9 heterocycles. The van der Waals surface area contributed by atoms with Crippen molar-refractivity contribution in [1.82, 2.24) is 43.4 Å². The number of methoxy groups -OCH3 is 3. The maximum atomic E-state index is 15.1. The lowest BCUT2D eigenvalue weighted by Gasteiger charge is -2.44. The van der Waals surface area contributed by atoms with Crippen molar-refractivity contribution in [3.63, 3.8) is 0 Å². The third-order valence-electron chi connectivity index (χ3n) is 20.8. The highest BCUT2D eigenvalue weighted by Crippen LogP contribution is 2.51. The van der Waals surface area contributed by atoms with Crippen molar-refractivity contribution in [3.8, 4) is 33.4 Å². The summed E-state index contributed by atoms with van der Waals surface area (Å²) in [6, 6.07) is 10.3. The van der Waals surface area contributed by atoms with Gasteiger partial charge >= 0.3 is 17.1 Å². The standard InChI is InChI=1S/C27H26Cl2F2N4O3S.C26H24Cl2F2N4O3S.C25H22Cl2F2N4O3S/c1-5-22(36)35-13(2)9-33(10-14(35)3)26-17-7-19(29)23(16-6-18(28)21(31)8-20(16)30)25-24(17)34(27(37)32-26)11-15(38-4)12-39-25;1-4-21(35)32-5-6-33(13(2)10-32)25-16-8-18(28)22(15-7-17(27)20(30)9-19(15)29)24-23(16)34(26(36)31-25)11-14(37-3)12-38-24;1-3-20(34)31-4-6-32(7-5-31)24-15-9-17(27)21(14-8-16(26)19(29)10-18(14)28)23-22(15)33(25(35)30-24)11-13(36-2)12-37-23/h5-8,13-15H,1,9-12H2,2-4H3;4,7-9,13-14H,1,5-6,10-12H2,2-3H3;3,8-10,13H,1,4-7,11-12H2,2H3/t13-,14+,15-;13-,14+;13-/m100/s1. The van der Waals surface area contributed by atoms with E-state index in [1.165, 1.54) is 85.4 Å². The normalized spacial score (nSPS) is 19.5. The molecule has 9 aromatic rings. The molecule has 3 aromatic heterocycles. The number of thioether (sulfide) groups is 3. The van der Waals surface area contributed by atoms with Crippen LogP contribution in [0.1, 0.15) is 20.8 Å². The van der Waals surface area contributed by atoms with Crippen LogP contribution in [0.2, 0.25) is 30.1 Å². The largest absolute Gasteiger partial charge is 0.379 e. The van der Waals surface area contributed by atoms with Crippen molar-refractivity contribution < 1.29 is 54.9 Å². The van der Waals surface area contributed by atoms with E-state index in [-0.39, 0.29) is 121 Å². The molecule has 6 aromatic carbocycles. The lowest BCUT2D eigenvalue weighted by Crippen LogP contribution is -2.58. The SMILES string of the molecule is C=CC(=O)N1CCN(c2nc(=O)n3c4c(c(-c5cc(Cl)c(F)cc5F)c(Cl)cc24)SC[C@@H](OC)C3)CC1.C=CC(=O)N1CCN(c2nc(=O)n3c4c(c(-c5cc(Cl)c(F)cc5F)c(Cl)cc24)SC[C@H](OC)C3)[C@@H](C)C1.C=CC(=O)N1[C@H](C)CN(c2nc(=O)n3c4c(c(-c5cc(Cl)c(F)cc5F)c(Cl)cc24)SC[C@H](OC)C3)C[C@@H]1C. The van der Waals surface area contributed by atoms with Gasteiger partial charge < -0.3 is 43.6 Å². The second-order valence-electron chi connectivity index (χ2n) is 27.7. The first kappa shape index (κ1) is 83.9. The zero-order valence-electron chi connectivity index (χ0n) is 61.9. The molecule has 6 atom stereocenters. The molecule has 0 N–H and O–H groups in total. The number of aromatic nitrogens is 6. The maximum Gasteiger partial charge on any atom is 0.350 e. The number of amides is 3. The number of nitrogens with zero attached hydrogens (tertiary/aromatic N) is 12. The molecule has 0 spiro atoms. The van der Waals surface area contributed by atoms with Gasteiger partial charge in [0.05, 0.1) is 84.6 Å². The number of hydrogen-bond acceptors (Lipinski definition) is 18. The van der Waals surface area contributed by atoms with E-state index >= 15 is 13.2 Å². The summed E-state index contributed by atoms with van der Waals surface area (Å²) in [4.78, 5) is 103. The van der Waals surface area contributed by atoms with Gasteiger partial charge in [-0.25, -0.2) is 40.7 Å². The number of piperazine rings is 3. The summed E-state index contributed by atoms with van der Waals surface area (Å²) in [7, 11) is 4.68. The number of rotatable bonds is 12. The van der Waals surface area contributed by atoms with E-state index in [1.54, 1.807) is 54.2 Å². The van der Waals surface area contributed by atoms with Gasteiger partial charge in [-0.05, 0) is 75.4 Å². The van der Waals surface area contributed by atoms with E-state index in [0.29, 0.717) is 158 Å². The van der Waals surface area contributed by atoms with E-state index < -0.39 is 52.0 Å². The van der Waals surface area contributed by atoms with Crippen molar-refractivity contribution in [3.05, 3.63) is 189 Å². The van der Waals surface area contributed by atoms with Crippen LogP contribution in [0.15, 0.2) is 122 Å². The zero-order valence-corrected chi connectivity index (χ0v) is 68.9. The van der Waals surface area contributed by atoms with Crippen LogP contribution < -0.4 is 31.8 Å². The minimum Gasteiger partial charge on any atom is -0.379 e. The average Bonchev–Trinajstić information content (AvgIpc) is 1.14. The average molecular weight is 1740 g/mol. The number of carbonyl (C=O) groups excluding carboxylic acids is 3. The molecule has 0 radical (unpaired) electrons. The number of halogens is 12. The summed E-state index contributed by atoms with van der Waals surface area (Å²) in [5.41, 5.74) is 1.23. The summed E-state index contributed by atoms with van der Waals surface area (Å²) in [5.74, 6) is -2.89. The Labute approximate surface area is 692 Å². The van der Waals surface area contributed by atoms with Crippen molar-refractivity contribution in [2.75, 3.05) is 112 Å². The quantitative estimate of drug-likeness (QED) is 0.0634. The molecule has 0 aliphatic carbocycles. The molecule has 36 heteroatoms. The van der Waals surface area contributed by atoms with Gasteiger partial charge in [0.25, 0.3) is 0 Å². The van der Waals surface area contributed by atoms with Crippen molar-refractivity contribution in [2.24, 2.45) is 0 Å². The molecule has 600 valence electrons. The predicted molar refractivity (Wildman–Crippen MR) is 439 cm³/mol. The molecule has 114 heavy (non-hydrogen) atoms. The molecule has 0 unspecified atom stereocenters. The third-order valence-corrected chi connectivity index (χ3v) is 26.2. The third kappa shape index (κ3) is 16.1. The van der Waals surface area contributed by atoms with Gasteiger partial charge in [-0.3, -0.25) is 28.1 Å². The van der Waals surface area contributed by atoms with Gasteiger partial charge in [-0.15, -0.1) is 35.3 Å². The molecule has 3 saturated heterocycles. The first-order chi connectivity index (χ1) is 54.4. The van der Waals surface area contributed by atoms with Crippen LogP contribution in [0.3, 0.4) is 0 Å². The summed E-state index contributed by atoms with van der Waals surface area (Å²) < 4.78 is 109. The van der Waals surface area contributed by atoms with Gasteiger partial charge in [0.15, 0.2) is 0 Å². The molecular weight excluding hydrogens is 1670 g/mol. The van der Waals surface area contributed by atoms with Gasteiger partial charge in [-0.2, -0.15) is 15.0 Å². The number of anilines is 3. The van der Waals surface area contributed by atoms with Crippen LogP contribution in [0.25, 0.3) is 66.1 Å². The van der Waals surface area contributed by atoms with Gasteiger partial charge in [0.2, 0.25) is 17.7 Å². The molecule has 0 saturated carbocycles. The highest BCUT2D eigenvalue weighted by Gasteiger charge is 2.39. The van der Waals surface area contributed by atoms with Crippen molar-refractivity contribution >= 4 is 173 Å². The summed E-state index contributed by atoms with van der Waals surface area (Å²) in [6.07, 6.45) is 2.90. The molecule has 21 nitrogen and oxygen atoms in total. The maximum absolute atomic E-state index is 15.1. The van der Waals surface area contributed by atoms with Crippen LogP contribution in [0.4, 0.5) is 43.8 Å². The number of carbonyl (C=O) groups is 3. The van der Waals surface area contributed by atoms with Gasteiger partial charge in [0.1, 0.15) is 52.4 Å². The van der Waals surface area contributed by atoms with Gasteiger partial charge in [-0.1, -0.05) is 89.3 Å². The van der Waals surface area contributed by atoms with Crippen LogP contribution in [0.5, 0.6) is 0 Å². The summed E-state index contributed by atoms with van der Waals surface area (Å²) >= 11 is 42.6. The highest BCUT2D eigenvalue weighted by molar-refractivity contribution is 8.00. The van der Waals surface area contributed by atoms with E-state index in [2.05, 4.69) is 34.7 Å². The molecular formula is C78H72Cl6F6N12O9S3. The number of ether oxygens (including phenoxy) is 3. The highest BCUT2D eigenvalue weighted by atomic mass is 35.5. The fraction of sp³-hybridized carbons (Fsp3) is 0.346. The fourth-order valence-electron chi connectivity index (χ4n) is 15.2. The molecule has 6 aliphatic heterocycles. The summed E-state index contributed by atoms with van der Waals surface area (Å²) in [6.45, 7) is 21.2. The molecule has 6 aliphatic rings. The smallest absolute Gasteiger partial charge is 0.350 e. The van der Waals surface area contributed by atoms with Crippen LogP contribution in [0, 0.1) is 34.9 Å². The fourth-order valence-corrected chi connectivity index (χ4v) is 20.8. The summed E-state index contributed by atoms with van der Waals surface area (Å²) in [5, 5.41) is 1.73. The molecule has 3 fully saturated rings. The Morgan fingerprint density at radius 3 is 1.10 bits per heavy atom. The van der Waals surface area contributed by atoms with E-state index in [4.69, 9.17) is 83.8 Å². The first-order valence-electron chi connectivity index (χ1n) is 35.7. The molecule has 3 amide bonds. The monoisotopic (exact) mass is 1740 g/mol. The van der Waals surface area contributed by atoms with E-state index in [0.717, 1.165) is 18.2 Å². The minimum absolute atomic E-state index is 0.0304. The minimum atomic E-state index is -0.881. The van der Waals surface area contributed by atoms with Crippen molar-refractivity contribution in [1.29, 1.82) is 0 Å². The van der Waals surface area contributed by atoms with Crippen LogP contribution in [-0.4, -0.2) is 195 Å². The second-order valence-corrected chi connectivity index (χ2v) is 33.2. The number of benzene rings is 6. The van der Waals surface area contributed by atoms with E-state index in [1.807, 2.05) is 35.5 Å². The van der Waals surface area contributed by atoms with Crippen LogP contribution in [-0.2, 0) is 48.2 Å². The Hall–Kier alpha value is -7.98. The lowest BCUT2D eigenvalue weighted by atomic mass is 10.0. The Kier molecular flexibility index (Phi) is 25.5. The van der Waals surface area contributed by atoms with Crippen molar-refractivity contribution in [2.45, 2.75) is 91.5 Å². The first-order valence-corrected chi connectivity index (χ1v) is 40.9. The van der Waals surface area contributed by atoms with Crippen LogP contribution >= 0.6 is 105 Å². The van der Waals surface area contributed by atoms with E-state index in [9.17, 15) is 41.9 Å². The lowest BCUT2D eigenvalue weighted by molar-refractivity contribution is -0.130. The Balaban J connectivity index is 0.000000149. The Morgan fingerprint density at radius 1 is 0.412 bits per heavy atom. The topological polar surface area (TPSA) is 203 Å². The molecule has 0 bridgehead atoms. The molecule has 15 rings (SSSR count). The Morgan fingerprint density at radius 2 is 0.746 bits per heavy atom. The number of hydrogen-bond donors (Lipinski definition) is 0. The predicted octanol–water partition coefficient (Wildman–Crippen LogP) is 15.0. The second kappa shape index (κ2) is 34.7. The van der Waals surface area contributed by atoms with Gasteiger partial charge in [0, 0.05) is 198 Å². The Bertz CT molecular complexity index is 5660.